The number of allylic oxidation sites excluding steroid dienone is 1. The fourth-order valence-electron chi connectivity index (χ4n) is 3.72. The number of amides is 1. The quantitative estimate of drug-likeness (QED) is 0.472. The highest BCUT2D eigenvalue weighted by molar-refractivity contribution is 8.16. The zero-order valence-electron chi connectivity index (χ0n) is 18.2. The molecule has 1 aromatic carbocycles. The van der Waals surface area contributed by atoms with Gasteiger partial charge < -0.3 is 15.0 Å². The van der Waals surface area contributed by atoms with E-state index in [0.29, 0.717) is 17.8 Å². The number of ether oxygens (including phenoxy) is 1. The molecule has 4 rings (SSSR count). The molecule has 1 aromatic heterocycles. The average Bonchev–Trinajstić information content (AvgIpc) is 3.23. The molecule has 1 atom stereocenters. The molecule has 0 fully saturated rings. The molecule has 0 radical (unpaired) electrons. The van der Waals surface area contributed by atoms with Gasteiger partial charge in [0.2, 0.25) is 5.91 Å². The molecule has 0 spiro atoms. The number of carbonyl (C=O) groups excluding carboxylic acids is 2. The number of pyridine rings is 1. The van der Waals surface area contributed by atoms with E-state index in [1.165, 1.54) is 17.8 Å². The first-order valence-corrected chi connectivity index (χ1v) is 11.4. The molecule has 168 valence electrons. The summed E-state index contributed by atoms with van der Waals surface area (Å²) in [6.07, 6.45) is 5.11. The Morgan fingerprint density at radius 2 is 2.06 bits per heavy atom. The van der Waals surface area contributed by atoms with Gasteiger partial charge >= 0.3 is 5.97 Å². The van der Waals surface area contributed by atoms with Crippen LogP contribution in [-0.2, 0) is 20.9 Å². The van der Waals surface area contributed by atoms with Crippen LogP contribution in [0, 0.1) is 0 Å². The van der Waals surface area contributed by atoms with Crippen molar-refractivity contribution < 1.29 is 14.3 Å². The van der Waals surface area contributed by atoms with Crippen LogP contribution in [0.1, 0.15) is 30.5 Å². The zero-order chi connectivity index (χ0) is 23.2. The predicted octanol–water partition coefficient (Wildman–Crippen LogP) is 4.09. The van der Waals surface area contributed by atoms with Crippen LogP contribution in [-0.4, -0.2) is 33.5 Å². The SMILES string of the molecule is C=CCOC(=O)C1=C(C)N=C2SC=C(CC(=O)NCc3cccnc3)N2[C@@H]1c1ccccc1. The van der Waals surface area contributed by atoms with Crippen molar-refractivity contribution in [2.75, 3.05) is 6.61 Å². The van der Waals surface area contributed by atoms with Gasteiger partial charge in [-0.25, -0.2) is 9.79 Å². The van der Waals surface area contributed by atoms with Gasteiger partial charge in [0.25, 0.3) is 0 Å². The molecule has 7 nitrogen and oxygen atoms in total. The molecule has 0 bridgehead atoms. The highest BCUT2D eigenvalue weighted by Crippen LogP contribution is 2.44. The minimum absolute atomic E-state index is 0.113. The fourth-order valence-corrected chi connectivity index (χ4v) is 4.69. The van der Waals surface area contributed by atoms with Crippen LogP contribution >= 0.6 is 11.8 Å². The zero-order valence-corrected chi connectivity index (χ0v) is 19.0. The number of esters is 1. The third kappa shape index (κ3) is 5.06. The maximum absolute atomic E-state index is 13.0. The maximum atomic E-state index is 13.0. The molecule has 3 heterocycles. The van der Waals surface area contributed by atoms with Gasteiger partial charge in [0.1, 0.15) is 6.61 Å². The Morgan fingerprint density at radius 3 is 2.79 bits per heavy atom. The summed E-state index contributed by atoms with van der Waals surface area (Å²) in [6.45, 7) is 5.94. The lowest BCUT2D eigenvalue weighted by molar-refractivity contribution is -0.138. The Bertz CT molecular complexity index is 1140. The number of benzene rings is 1. The van der Waals surface area contributed by atoms with Crippen LogP contribution < -0.4 is 5.32 Å². The van der Waals surface area contributed by atoms with Crippen LogP contribution in [0.3, 0.4) is 0 Å². The number of nitrogens with zero attached hydrogens (tertiary/aromatic N) is 3. The number of hydrogen-bond acceptors (Lipinski definition) is 7. The number of aromatic nitrogens is 1. The molecule has 33 heavy (non-hydrogen) atoms. The second-order valence-corrected chi connectivity index (χ2v) is 8.34. The fraction of sp³-hybridized carbons (Fsp3) is 0.200. The minimum Gasteiger partial charge on any atom is -0.458 e. The number of amidine groups is 1. The maximum Gasteiger partial charge on any atom is 0.338 e. The highest BCUT2D eigenvalue weighted by Gasteiger charge is 2.41. The lowest BCUT2D eigenvalue weighted by atomic mass is 9.94. The number of rotatable bonds is 8. The highest BCUT2D eigenvalue weighted by atomic mass is 32.2. The lowest BCUT2D eigenvalue weighted by Gasteiger charge is -2.36. The van der Waals surface area contributed by atoms with Crippen molar-refractivity contribution in [1.29, 1.82) is 0 Å². The van der Waals surface area contributed by atoms with E-state index in [4.69, 9.17) is 4.74 Å². The molecule has 2 aromatic rings. The van der Waals surface area contributed by atoms with Gasteiger partial charge in [-0.3, -0.25) is 9.78 Å². The van der Waals surface area contributed by atoms with Gasteiger partial charge in [-0.2, -0.15) is 0 Å². The monoisotopic (exact) mass is 460 g/mol. The Labute approximate surface area is 197 Å². The molecule has 0 aliphatic carbocycles. The van der Waals surface area contributed by atoms with E-state index in [1.807, 2.05) is 59.7 Å². The summed E-state index contributed by atoms with van der Waals surface area (Å²) in [5.74, 6) is -0.567. The summed E-state index contributed by atoms with van der Waals surface area (Å²) in [5.41, 5.74) is 3.67. The van der Waals surface area contributed by atoms with Crippen molar-refractivity contribution in [3.8, 4) is 0 Å². The van der Waals surface area contributed by atoms with E-state index >= 15 is 0 Å². The average molecular weight is 461 g/mol. The van der Waals surface area contributed by atoms with Gasteiger partial charge in [0.15, 0.2) is 5.17 Å². The first kappa shape index (κ1) is 22.5. The van der Waals surface area contributed by atoms with Crippen LogP contribution in [0.2, 0.25) is 0 Å². The number of thioether (sulfide) groups is 1. The van der Waals surface area contributed by atoms with E-state index in [2.05, 4.69) is 21.9 Å². The molecular weight excluding hydrogens is 436 g/mol. The van der Waals surface area contributed by atoms with Gasteiger partial charge in [-0.1, -0.05) is 60.8 Å². The summed E-state index contributed by atoms with van der Waals surface area (Å²) in [4.78, 5) is 36.4. The summed E-state index contributed by atoms with van der Waals surface area (Å²) in [6, 6.07) is 13.0. The summed E-state index contributed by atoms with van der Waals surface area (Å²) >= 11 is 1.45. The van der Waals surface area contributed by atoms with Crippen molar-refractivity contribution in [1.82, 2.24) is 15.2 Å². The van der Waals surface area contributed by atoms with E-state index < -0.39 is 12.0 Å². The summed E-state index contributed by atoms with van der Waals surface area (Å²) < 4.78 is 5.38. The molecule has 0 unspecified atom stereocenters. The molecule has 2 aliphatic heterocycles. The van der Waals surface area contributed by atoms with E-state index in [1.54, 1.807) is 12.4 Å². The molecule has 1 amide bonds. The van der Waals surface area contributed by atoms with E-state index in [-0.39, 0.29) is 18.9 Å². The van der Waals surface area contributed by atoms with Crippen LogP contribution in [0.25, 0.3) is 0 Å². The Morgan fingerprint density at radius 1 is 1.24 bits per heavy atom. The van der Waals surface area contributed by atoms with Crippen molar-refractivity contribution >= 4 is 28.8 Å². The van der Waals surface area contributed by atoms with Gasteiger partial charge in [-0.15, -0.1) is 0 Å². The molecule has 0 saturated heterocycles. The second kappa shape index (κ2) is 10.3. The molecular formula is C25H24N4O3S. The third-order valence-corrected chi connectivity index (χ3v) is 6.11. The number of fused-ring (bicyclic) bond motifs is 1. The lowest BCUT2D eigenvalue weighted by Crippen LogP contribution is -2.38. The Balaban J connectivity index is 1.59. The van der Waals surface area contributed by atoms with Crippen LogP contribution in [0.15, 0.2) is 94.9 Å². The first-order chi connectivity index (χ1) is 16.1. The number of carbonyl (C=O) groups is 2. The second-order valence-electron chi connectivity index (χ2n) is 7.51. The molecule has 8 heteroatoms. The molecule has 1 N–H and O–H groups in total. The van der Waals surface area contributed by atoms with E-state index in [9.17, 15) is 9.59 Å². The minimum atomic E-state index is -0.443. The number of hydrogen-bond donors (Lipinski definition) is 1. The van der Waals surface area contributed by atoms with Gasteiger partial charge in [0, 0.05) is 24.6 Å². The third-order valence-electron chi connectivity index (χ3n) is 5.22. The van der Waals surface area contributed by atoms with Crippen molar-refractivity contribution in [2.24, 2.45) is 4.99 Å². The van der Waals surface area contributed by atoms with Crippen LogP contribution in [0.5, 0.6) is 0 Å². The smallest absolute Gasteiger partial charge is 0.338 e. The van der Waals surface area contributed by atoms with Crippen molar-refractivity contribution in [3.63, 3.8) is 0 Å². The standard InChI is InChI=1S/C25H24N4O3S/c1-3-12-32-24(31)22-17(2)28-25-29(23(22)19-9-5-4-6-10-19)20(16-33-25)13-21(30)27-15-18-8-7-11-26-14-18/h3-11,14,16,23H,1,12-13,15H2,2H3,(H,27,30)/t23-/m1/s1. The topological polar surface area (TPSA) is 83.9 Å². The summed E-state index contributed by atoms with van der Waals surface area (Å²) in [7, 11) is 0. The molecule has 0 saturated carbocycles. The first-order valence-electron chi connectivity index (χ1n) is 10.5. The van der Waals surface area contributed by atoms with Crippen molar-refractivity contribution in [2.45, 2.75) is 25.9 Å². The predicted molar refractivity (Wildman–Crippen MR) is 129 cm³/mol. The largest absolute Gasteiger partial charge is 0.458 e. The van der Waals surface area contributed by atoms with Crippen molar-refractivity contribution in [3.05, 3.63) is 101 Å². The number of nitrogens with one attached hydrogen (secondary N) is 1. The summed E-state index contributed by atoms with van der Waals surface area (Å²) in [5, 5.41) is 5.59. The molecule has 2 aliphatic rings. The Kier molecular flexibility index (Phi) is 7.04. The Hall–Kier alpha value is -3.65. The normalized spacial score (nSPS) is 17.1. The van der Waals surface area contributed by atoms with Gasteiger partial charge in [0.05, 0.1) is 23.7 Å². The number of aliphatic imine (C=N–C) groups is 1. The van der Waals surface area contributed by atoms with Crippen LogP contribution in [0.4, 0.5) is 0 Å². The van der Waals surface area contributed by atoms with E-state index in [0.717, 1.165) is 22.0 Å². The van der Waals surface area contributed by atoms with Gasteiger partial charge in [-0.05, 0) is 29.5 Å².